The molecular formula is C13H14ClNS. The van der Waals surface area contributed by atoms with Gasteiger partial charge in [-0.25, -0.2) is 0 Å². The number of thiophene rings is 1. The minimum Gasteiger partial charge on any atom is -0.298 e. The lowest BCUT2D eigenvalue weighted by Crippen LogP contribution is -2.19. The number of benzene rings is 1. The summed E-state index contributed by atoms with van der Waals surface area (Å²) >= 11 is 7.96. The first kappa shape index (κ1) is 10.6. The minimum absolute atomic E-state index is 0.352. The van der Waals surface area contributed by atoms with E-state index in [4.69, 9.17) is 11.6 Å². The maximum absolute atomic E-state index is 6.13. The number of hydrogen-bond donors (Lipinski definition) is 0. The molecule has 1 aliphatic heterocycles. The Kier molecular flexibility index (Phi) is 2.88. The molecule has 16 heavy (non-hydrogen) atoms. The summed E-state index contributed by atoms with van der Waals surface area (Å²) in [5.41, 5.74) is 1.45. The molecule has 0 aliphatic carbocycles. The van der Waals surface area contributed by atoms with Gasteiger partial charge in [0.15, 0.2) is 0 Å². The van der Waals surface area contributed by atoms with Crippen molar-refractivity contribution in [3.8, 4) is 0 Å². The molecule has 1 nitrogen and oxygen atoms in total. The second-order valence-electron chi connectivity index (χ2n) is 4.38. The molecule has 1 fully saturated rings. The number of nitrogens with zero attached hydrogens (tertiary/aromatic N) is 1. The Balaban J connectivity index is 1.84. The average Bonchev–Trinajstić information content (AvgIpc) is 2.87. The minimum atomic E-state index is 0.352. The molecule has 1 aliphatic rings. The summed E-state index contributed by atoms with van der Waals surface area (Å²) in [5, 5.41) is 4.04. The van der Waals surface area contributed by atoms with Crippen molar-refractivity contribution in [3.05, 3.63) is 35.2 Å². The normalized spacial score (nSPS) is 21.9. The summed E-state index contributed by atoms with van der Waals surface area (Å²) in [6.45, 7) is 3.22. The van der Waals surface area contributed by atoms with Crippen LogP contribution in [0.4, 0.5) is 0 Å². The zero-order valence-electron chi connectivity index (χ0n) is 9.03. The summed E-state index contributed by atoms with van der Waals surface area (Å²) in [6.07, 6.45) is 1.13. The van der Waals surface area contributed by atoms with Gasteiger partial charge in [-0.2, -0.15) is 0 Å². The molecule has 0 radical (unpaired) electrons. The molecule has 1 aromatic carbocycles. The van der Waals surface area contributed by atoms with Crippen molar-refractivity contribution in [2.45, 2.75) is 18.3 Å². The fraction of sp³-hybridized carbons (Fsp3) is 0.385. The lowest BCUT2D eigenvalue weighted by atomic mass is 10.2. The van der Waals surface area contributed by atoms with Gasteiger partial charge in [-0.1, -0.05) is 18.2 Å². The molecule has 0 saturated carbocycles. The molecule has 1 aromatic heterocycles. The van der Waals surface area contributed by atoms with Gasteiger partial charge < -0.3 is 0 Å². The average molecular weight is 252 g/mol. The zero-order chi connectivity index (χ0) is 11.0. The smallest absolute Gasteiger partial charge is 0.0475 e. The van der Waals surface area contributed by atoms with Crippen LogP contribution >= 0.6 is 22.9 Å². The number of hydrogen-bond acceptors (Lipinski definition) is 2. The van der Waals surface area contributed by atoms with Gasteiger partial charge in [-0.3, -0.25) is 4.90 Å². The van der Waals surface area contributed by atoms with Crippen molar-refractivity contribution in [1.82, 2.24) is 4.90 Å². The fourth-order valence-electron chi connectivity index (χ4n) is 2.33. The standard InChI is InChI=1S/C13H14ClNS/c14-11-5-6-15(8-11)7-10-9-16-13-4-2-1-3-12(10)13/h1-4,9,11H,5-8H2. The molecule has 0 amide bonds. The quantitative estimate of drug-likeness (QED) is 0.736. The van der Waals surface area contributed by atoms with Gasteiger partial charge in [0, 0.05) is 23.2 Å². The van der Waals surface area contributed by atoms with Crippen molar-refractivity contribution >= 4 is 33.0 Å². The van der Waals surface area contributed by atoms with Crippen LogP contribution in [0.1, 0.15) is 12.0 Å². The van der Waals surface area contributed by atoms with E-state index in [-0.39, 0.29) is 0 Å². The van der Waals surface area contributed by atoms with E-state index in [9.17, 15) is 0 Å². The third-order valence-corrected chi connectivity index (χ3v) is 4.54. The summed E-state index contributed by atoms with van der Waals surface area (Å²) < 4.78 is 1.39. The third-order valence-electron chi connectivity index (χ3n) is 3.17. The van der Waals surface area contributed by atoms with E-state index < -0.39 is 0 Å². The first-order chi connectivity index (χ1) is 7.83. The van der Waals surface area contributed by atoms with Crippen LogP contribution in [-0.2, 0) is 6.54 Å². The molecular weight excluding hydrogens is 238 g/mol. The summed E-state index contributed by atoms with van der Waals surface area (Å²) in [6, 6.07) is 8.63. The van der Waals surface area contributed by atoms with Gasteiger partial charge in [-0.05, 0) is 35.4 Å². The topological polar surface area (TPSA) is 3.24 Å². The maximum atomic E-state index is 6.13. The summed E-state index contributed by atoms with van der Waals surface area (Å²) in [5.74, 6) is 0. The molecule has 0 N–H and O–H groups in total. The van der Waals surface area contributed by atoms with Gasteiger partial charge in [-0.15, -0.1) is 22.9 Å². The van der Waals surface area contributed by atoms with E-state index in [1.807, 2.05) is 11.3 Å². The lowest BCUT2D eigenvalue weighted by molar-refractivity contribution is 0.333. The van der Waals surface area contributed by atoms with Gasteiger partial charge >= 0.3 is 0 Å². The van der Waals surface area contributed by atoms with E-state index in [1.165, 1.54) is 15.6 Å². The van der Waals surface area contributed by atoms with Crippen LogP contribution in [-0.4, -0.2) is 23.4 Å². The number of halogens is 1. The molecule has 3 heteroatoms. The van der Waals surface area contributed by atoms with Crippen LogP contribution in [0, 0.1) is 0 Å². The molecule has 0 bridgehead atoms. The van der Waals surface area contributed by atoms with Crippen LogP contribution in [0.2, 0.25) is 0 Å². The predicted molar refractivity (Wildman–Crippen MR) is 71.4 cm³/mol. The molecule has 84 valence electrons. The van der Waals surface area contributed by atoms with Crippen LogP contribution in [0.5, 0.6) is 0 Å². The monoisotopic (exact) mass is 251 g/mol. The van der Waals surface area contributed by atoms with Crippen molar-refractivity contribution < 1.29 is 0 Å². The Morgan fingerprint density at radius 2 is 2.25 bits per heavy atom. The highest BCUT2D eigenvalue weighted by atomic mass is 35.5. The van der Waals surface area contributed by atoms with E-state index >= 15 is 0 Å². The SMILES string of the molecule is ClC1CCN(Cc2csc3ccccc23)C1. The summed E-state index contributed by atoms with van der Waals surface area (Å²) in [4.78, 5) is 2.45. The Morgan fingerprint density at radius 3 is 3.06 bits per heavy atom. The first-order valence-electron chi connectivity index (χ1n) is 5.64. The maximum Gasteiger partial charge on any atom is 0.0475 e. The van der Waals surface area contributed by atoms with E-state index in [0.717, 1.165) is 26.1 Å². The van der Waals surface area contributed by atoms with E-state index in [2.05, 4.69) is 34.5 Å². The predicted octanol–water partition coefficient (Wildman–Crippen LogP) is 3.71. The summed E-state index contributed by atoms with van der Waals surface area (Å²) in [7, 11) is 0. The highest BCUT2D eigenvalue weighted by Gasteiger charge is 2.20. The molecule has 2 heterocycles. The molecule has 3 rings (SSSR count). The number of fused-ring (bicyclic) bond motifs is 1. The van der Waals surface area contributed by atoms with E-state index in [0.29, 0.717) is 5.38 Å². The van der Waals surface area contributed by atoms with Crippen LogP contribution in [0.3, 0.4) is 0 Å². The van der Waals surface area contributed by atoms with Gasteiger partial charge in [0.05, 0.1) is 0 Å². The Morgan fingerprint density at radius 1 is 1.38 bits per heavy atom. The van der Waals surface area contributed by atoms with Crippen molar-refractivity contribution in [1.29, 1.82) is 0 Å². The Bertz CT molecular complexity index is 493. The van der Waals surface area contributed by atoms with Crippen LogP contribution < -0.4 is 0 Å². The van der Waals surface area contributed by atoms with Crippen LogP contribution in [0.25, 0.3) is 10.1 Å². The lowest BCUT2D eigenvalue weighted by Gasteiger charge is -2.13. The highest BCUT2D eigenvalue weighted by Crippen LogP contribution is 2.28. The van der Waals surface area contributed by atoms with Crippen LogP contribution in [0.15, 0.2) is 29.6 Å². The second-order valence-corrected chi connectivity index (χ2v) is 5.91. The van der Waals surface area contributed by atoms with Crippen molar-refractivity contribution in [2.75, 3.05) is 13.1 Å². The van der Waals surface area contributed by atoms with E-state index in [1.54, 1.807) is 0 Å². The largest absolute Gasteiger partial charge is 0.298 e. The van der Waals surface area contributed by atoms with Crippen molar-refractivity contribution in [3.63, 3.8) is 0 Å². The Labute approximate surface area is 105 Å². The molecule has 1 atom stereocenters. The number of rotatable bonds is 2. The number of likely N-dealkylation sites (tertiary alicyclic amines) is 1. The zero-order valence-corrected chi connectivity index (χ0v) is 10.6. The third kappa shape index (κ3) is 1.97. The first-order valence-corrected chi connectivity index (χ1v) is 6.96. The number of alkyl halides is 1. The Hall–Kier alpha value is -0.570. The fourth-order valence-corrected chi connectivity index (χ4v) is 3.57. The van der Waals surface area contributed by atoms with Gasteiger partial charge in [0.25, 0.3) is 0 Å². The highest BCUT2D eigenvalue weighted by molar-refractivity contribution is 7.17. The molecule has 1 saturated heterocycles. The van der Waals surface area contributed by atoms with Gasteiger partial charge in [0.2, 0.25) is 0 Å². The van der Waals surface area contributed by atoms with Crippen molar-refractivity contribution in [2.24, 2.45) is 0 Å². The second kappa shape index (κ2) is 4.36. The molecule has 2 aromatic rings. The van der Waals surface area contributed by atoms with Gasteiger partial charge in [0.1, 0.15) is 0 Å². The molecule has 1 unspecified atom stereocenters. The molecule has 0 spiro atoms.